The molecule has 5 heteroatoms. The molecule has 0 fully saturated rings. The van der Waals surface area contributed by atoms with Gasteiger partial charge in [-0.25, -0.2) is 0 Å². The molecule has 5 rings (SSSR count). The molecule has 2 amide bonds. The fourth-order valence-corrected chi connectivity index (χ4v) is 14.5. The van der Waals surface area contributed by atoms with Gasteiger partial charge in [0.15, 0.2) is 0 Å². The van der Waals surface area contributed by atoms with Crippen LogP contribution < -0.4 is 17.8 Å². The molecular weight excluding hydrogens is 539 g/mol. The summed E-state index contributed by atoms with van der Waals surface area (Å²) in [6.45, 7) is 3.07. The van der Waals surface area contributed by atoms with Gasteiger partial charge in [-0.2, -0.15) is 0 Å². The van der Waals surface area contributed by atoms with Gasteiger partial charge in [0.2, 0.25) is 0 Å². The van der Waals surface area contributed by atoms with Crippen LogP contribution in [0.5, 0.6) is 0 Å². The summed E-state index contributed by atoms with van der Waals surface area (Å²) in [4.78, 5) is 24.6. The van der Waals surface area contributed by atoms with Gasteiger partial charge in [0.05, 0.1) is 0 Å². The van der Waals surface area contributed by atoms with E-state index in [0.29, 0.717) is 0 Å². The van der Waals surface area contributed by atoms with Gasteiger partial charge in [-0.05, 0) is 0 Å². The van der Waals surface area contributed by atoms with E-state index in [0.717, 1.165) is 23.4 Å². The van der Waals surface area contributed by atoms with E-state index in [9.17, 15) is 9.59 Å². The van der Waals surface area contributed by atoms with Crippen LogP contribution in [0.2, 0.25) is 0 Å². The summed E-state index contributed by atoms with van der Waals surface area (Å²) in [7, 11) is 0. The van der Waals surface area contributed by atoms with Crippen LogP contribution in [0, 0.1) is 0 Å². The van der Waals surface area contributed by atoms with Gasteiger partial charge in [0.25, 0.3) is 0 Å². The standard InChI is InChI=1S/C18H17N2O2.2C6H5.Sn/c1-11(21)19-16-9-5-8-14-10-15(13-6-3-4-7-13)18(17(14)16)20-12(2)22;2*1-2-4-6-5-3-1;/h3-6,8-10H,7H2,1-2H3,(H,19,21)(H,20,22);2*1-5H;. The summed E-state index contributed by atoms with van der Waals surface area (Å²) in [5.74, 6) is -0.241. The number of anilines is 1. The Bertz CT molecular complexity index is 1330. The van der Waals surface area contributed by atoms with Crippen LogP contribution in [0.4, 0.5) is 5.69 Å². The first-order valence-corrected chi connectivity index (χ1v) is 16.3. The number of rotatable bonds is 6. The Kier molecular flexibility index (Phi) is 6.73. The number of nitrogens with one attached hydrogen (secondary N) is 2. The van der Waals surface area contributed by atoms with Crippen LogP contribution in [0.1, 0.15) is 35.3 Å². The van der Waals surface area contributed by atoms with Crippen LogP contribution in [0.15, 0.2) is 108 Å². The average molecular weight is 566 g/mol. The third-order valence-electron chi connectivity index (χ3n) is 6.40. The van der Waals surface area contributed by atoms with Crippen LogP contribution in [-0.2, 0) is 9.59 Å². The molecule has 0 saturated heterocycles. The third-order valence-corrected chi connectivity index (χ3v) is 15.2. The van der Waals surface area contributed by atoms with Crippen molar-refractivity contribution in [1.29, 1.82) is 0 Å². The van der Waals surface area contributed by atoms with E-state index < -0.39 is 19.8 Å². The minimum atomic E-state index is -2.68. The van der Waals surface area contributed by atoms with Crippen molar-refractivity contribution in [3.05, 3.63) is 119 Å². The Labute approximate surface area is 213 Å². The first-order valence-electron chi connectivity index (χ1n) is 11.8. The molecular formula is C30H27N2O2Sn. The van der Waals surface area contributed by atoms with Gasteiger partial charge < -0.3 is 0 Å². The van der Waals surface area contributed by atoms with Crippen molar-refractivity contribution in [2.24, 2.45) is 0 Å². The number of benzene rings is 3. The molecule has 3 aromatic rings. The number of carbonyl (C=O) groups excluding carboxylic acids is 2. The van der Waals surface area contributed by atoms with Gasteiger partial charge in [-0.1, -0.05) is 0 Å². The Morgan fingerprint density at radius 3 is 1.97 bits per heavy atom. The van der Waals surface area contributed by atoms with Crippen molar-refractivity contribution in [3.63, 3.8) is 0 Å². The van der Waals surface area contributed by atoms with E-state index in [1.165, 1.54) is 30.8 Å². The van der Waals surface area contributed by atoms with Crippen molar-refractivity contribution in [1.82, 2.24) is 5.32 Å². The molecule has 1 unspecified atom stereocenters. The molecule has 0 aromatic heterocycles. The summed E-state index contributed by atoms with van der Waals surface area (Å²) in [6, 6.07) is 27.8. The molecule has 0 aliphatic heterocycles. The zero-order valence-electron chi connectivity index (χ0n) is 19.8. The fourth-order valence-electron chi connectivity index (χ4n) is 5.15. The maximum atomic E-state index is 12.5. The number of amides is 2. The zero-order chi connectivity index (χ0) is 24.4. The average Bonchev–Trinajstić information content (AvgIpc) is 3.48. The minimum absolute atomic E-state index is 0.113. The molecule has 0 saturated carbocycles. The van der Waals surface area contributed by atoms with Gasteiger partial charge in [0, 0.05) is 0 Å². The number of hydrogen-bond acceptors (Lipinski definition) is 2. The van der Waals surface area contributed by atoms with E-state index in [2.05, 4.69) is 95.6 Å². The number of allylic oxidation sites excluding steroid dienone is 5. The quantitative estimate of drug-likeness (QED) is 0.437. The van der Waals surface area contributed by atoms with Gasteiger partial charge >= 0.3 is 214 Å². The Morgan fingerprint density at radius 1 is 0.800 bits per heavy atom. The molecule has 35 heavy (non-hydrogen) atoms. The second-order valence-corrected chi connectivity index (χ2v) is 16.1. The summed E-state index contributed by atoms with van der Waals surface area (Å²) in [6.07, 6.45) is 7.26. The summed E-state index contributed by atoms with van der Waals surface area (Å²) >= 11 is -2.68. The predicted octanol–water partition coefficient (Wildman–Crippen LogP) is 4.32. The molecule has 2 aliphatic carbocycles. The van der Waals surface area contributed by atoms with E-state index in [1.807, 2.05) is 12.1 Å². The van der Waals surface area contributed by atoms with Crippen LogP contribution >= 0.6 is 0 Å². The molecule has 0 heterocycles. The molecule has 1 atom stereocenters. The van der Waals surface area contributed by atoms with E-state index >= 15 is 0 Å². The van der Waals surface area contributed by atoms with Crippen molar-refractivity contribution in [2.45, 2.75) is 24.2 Å². The summed E-state index contributed by atoms with van der Waals surface area (Å²) in [5, 5.41) is 6.20. The Hall–Kier alpha value is -3.38. The van der Waals surface area contributed by atoms with Gasteiger partial charge in [0.1, 0.15) is 0 Å². The first kappa shape index (κ1) is 23.4. The van der Waals surface area contributed by atoms with Gasteiger partial charge in [-0.3, -0.25) is 0 Å². The number of hydrogen-bond donors (Lipinski definition) is 2. The number of carbonyl (C=O) groups is 2. The van der Waals surface area contributed by atoms with E-state index in [4.69, 9.17) is 0 Å². The van der Waals surface area contributed by atoms with Crippen molar-refractivity contribution >= 4 is 50.1 Å². The molecule has 1 radical (unpaired) electrons. The van der Waals surface area contributed by atoms with Crippen molar-refractivity contribution in [2.75, 3.05) is 5.32 Å². The normalized spacial score (nSPS) is 16.3. The molecule has 0 bridgehead atoms. The topological polar surface area (TPSA) is 58.2 Å². The second kappa shape index (κ2) is 10.1. The van der Waals surface area contributed by atoms with Crippen LogP contribution in [0.25, 0.3) is 5.70 Å². The predicted molar refractivity (Wildman–Crippen MR) is 144 cm³/mol. The van der Waals surface area contributed by atoms with E-state index in [-0.39, 0.29) is 15.7 Å². The van der Waals surface area contributed by atoms with Crippen LogP contribution in [-0.4, -0.2) is 31.6 Å². The number of fused-ring (bicyclic) bond motifs is 1. The van der Waals surface area contributed by atoms with Gasteiger partial charge in [-0.15, -0.1) is 0 Å². The molecule has 3 aromatic carbocycles. The summed E-state index contributed by atoms with van der Waals surface area (Å²) < 4.78 is 2.95. The SMILES string of the molecule is CC(=O)NC1=C(C2=CC=CC2)[CH]([Sn]([c]2ccccc2)[c]2ccccc2)c2cccc(NC(C)=O)c21. The van der Waals surface area contributed by atoms with Crippen LogP contribution in [0.3, 0.4) is 0 Å². The molecule has 2 N–H and O–H groups in total. The Balaban J connectivity index is 1.82. The zero-order valence-corrected chi connectivity index (χ0v) is 22.7. The third kappa shape index (κ3) is 4.63. The van der Waals surface area contributed by atoms with E-state index in [1.54, 1.807) is 6.92 Å². The fraction of sp³-hybridized carbons (Fsp3) is 0.133. The second-order valence-electron chi connectivity index (χ2n) is 8.82. The molecule has 0 spiro atoms. The first-order chi connectivity index (χ1) is 17.0. The molecule has 173 valence electrons. The van der Waals surface area contributed by atoms with Crippen molar-refractivity contribution in [3.8, 4) is 0 Å². The maximum absolute atomic E-state index is 12.5. The van der Waals surface area contributed by atoms with Crippen molar-refractivity contribution < 1.29 is 9.59 Å². The molecule has 4 nitrogen and oxygen atoms in total. The molecule has 2 aliphatic rings. The Morgan fingerprint density at radius 2 is 1.43 bits per heavy atom. The summed E-state index contributed by atoms with van der Waals surface area (Å²) in [5.41, 5.74) is 6.13. The monoisotopic (exact) mass is 567 g/mol.